The first-order valence-corrected chi connectivity index (χ1v) is 5.86. The van der Waals surface area contributed by atoms with Crippen LogP contribution in [0.4, 0.5) is 18.9 Å². The van der Waals surface area contributed by atoms with Crippen molar-refractivity contribution in [2.24, 2.45) is 0 Å². The summed E-state index contributed by atoms with van der Waals surface area (Å²) in [6.07, 6.45) is -3.27. The molecule has 2 N–H and O–H groups in total. The Morgan fingerprint density at radius 2 is 1.85 bits per heavy atom. The molecule has 3 nitrogen and oxygen atoms in total. The number of hydrogen-bond donors (Lipinski definition) is 1. The highest BCUT2D eigenvalue weighted by Gasteiger charge is 2.35. The summed E-state index contributed by atoms with van der Waals surface area (Å²) < 4.78 is 43.8. The van der Waals surface area contributed by atoms with E-state index in [0.717, 1.165) is 11.6 Å². The Morgan fingerprint density at radius 1 is 1.15 bits per heavy atom. The Morgan fingerprint density at radius 3 is 2.50 bits per heavy atom. The Labute approximate surface area is 114 Å². The molecular formula is C14H13F3N2O. The van der Waals surface area contributed by atoms with Crippen LogP contribution < -0.4 is 10.5 Å². The van der Waals surface area contributed by atoms with Gasteiger partial charge in [-0.1, -0.05) is 6.07 Å². The lowest BCUT2D eigenvalue weighted by molar-refractivity contribution is -0.138. The summed E-state index contributed by atoms with van der Waals surface area (Å²) in [5, 5.41) is 0. The molecule has 106 valence electrons. The van der Waals surface area contributed by atoms with Crippen LogP contribution in [0.1, 0.15) is 16.7 Å². The Hall–Kier alpha value is -2.24. The van der Waals surface area contributed by atoms with E-state index in [9.17, 15) is 13.2 Å². The third-order valence-electron chi connectivity index (χ3n) is 2.85. The standard InChI is InChI=1S/C14H13F3N2O/c1-8-6-9(2)12(7-11(8)18)20-13-10(14(15,16)17)4-3-5-19-13/h3-7H,18H2,1-2H3. The van der Waals surface area contributed by atoms with Crippen LogP contribution in [0.2, 0.25) is 0 Å². The number of aromatic nitrogens is 1. The van der Waals surface area contributed by atoms with Gasteiger partial charge >= 0.3 is 6.18 Å². The lowest BCUT2D eigenvalue weighted by Crippen LogP contribution is -2.08. The summed E-state index contributed by atoms with van der Waals surface area (Å²) in [7, 11) is 0. The zero-order valence-electron chi connectivity index (χ0n) is 11.0. The highest BCUT2D eigenvalue weighted by atomic mass is 19.4. The number of nitrogens with zero attached hydrogens (tertiary/aromatic N) is 1. The van der Waals surface area contributed by atoms with Crippen LogP contribution in [0.15, 0.2) is 30.5 Å². The Kier molecular flexibility index (Phi) is 3.57. The SMILES string of the molecule is Cc1cc(C)c(Oc2ncccc2C(F)(F)F)cc1N. The third-order valence-corrected chi connectivity index (χ3v) is 2.85. The average molecular weight is 282 g/mol. The maximum Gasteiger partial charge on any atom is 0.421 e. The molecule has 1 aromatic carbocycles. The van der Waals surface area contributed by atoms with E-state index < -0.39 is 17.6 Å². The fraction of sp³-hybridized carbons (Fsp3) is 0.214. The molecule has 1 heterocycles. The number of aryl methyl sites for hydroxylation is 2. The maximum absolute atomic E-state index is 12.9. The minimum Gasteiger partial charge on any atom is -0.438 e. The third kappa shape index (κ3) is 2.84. The van der Waals surface area contributed by atoms with Crippen LogP contribution in [0.5, 0.6) is 11.6 Å². The molecule has 2 aromatic rings. The van der Waals surface area contributed by atoms with Gasteiger partial charge in [0.25, 0.3) is 0 Å². The van der Waals surface area contributed by atoms with Crippen molar-refractivity contribution in [2.75, 3.05) is 5.73 Å². The van der Waals surface area contributed by atoms with Crippen molar-refractivity contribution in [3.63, 3.8) is 0 Å². The molecule has 6 heteroatoms. The number of halogens is 3. The number of nitrogen functional groups attached to an aromatic ring is 1. The van der Waals surface area contributed by atoms with Gasteiger partial charge in [0, 0.05) is 18.0 Å². The quantitative estimate of drug-likeness (QED) is 0.844. The van der Waals surface area contributed by atoms with Crippen LogP contribution in [0, 0.1) is 13.8 Å². The van der Waals surface area contributed by atoms with Crippen LogP contribution in [-0.2, 0) is 6.18 Å². The molecule has 1 aromatic heterocycles. The zero-order valence-corrected chi connectivity index (χ0v) is 11.0. The maximum atomic E-state index is 12.9. The molecule has 0 aliphatic carbocycles. The Balaban J connectivity index is 2.43. The second-order valence-corrected chi connectivity index (χ2v) is 4.43. The first-order valence-electron chi connectivity index (χ1n) is 5.86. The average Bonchev–Trinajstić information content (AvgIpc) is 2.35. The number of nitrogens with two attached hydrogens (primary N) is 1. The van der Waals surface area contributed by atoms with Gasteiger partial charge in [-0.2, -0.15) is 13.2 Å². The number of ether oxygens (including phenoxy) is 1. The smallest absolute Gasteiger partial charge is 0.421 e. The van der Waals surface area contributed by atoms with E-state index >= 15 is 0 Å². The van der Waals surface area contributed by atoms with Gasteiger partial charge < -0.3 is 10.5 Å². The topological polar surface area (TPSA) is 48.1 Å². The summed E-state index contributed by atoms with van der Waals surface area (Å²) in [5.74, 6) is -0.219. The zero-order chi connectivity index (χ0) is 14.9. The van der Waals surface area contributed by atoms with E-state index in [4.69, 9.17) is 10.5 Å². The van der Waals surface area contributed by atoms with Gasteiger partial charge in [0.05, 0.1) is 0 Å². The molecule has 2 rings (SSSR count). The molecule has 0 amide bonds. The first kappa shape index (κ1) is 14.2. The fourth-order valence-electron chi connectivity index (χ4n) is 1.75. The van der Waals surface area contributed by atoms with E-state index in [1.807, 2.05) is 6.92 Å². The predicted molar refractivity (Wildman–Crippen MR) is 69.6 cm³/mol. The van der Waals surface area contributed by atoms with Crippen molar-refractivity contribution in [2.45, 2.75) is 20.0 Å². The van der Waals surface area contributed by atoms with Gasteiger partial charge in [-0.3, -0.25) is 0 Å². The molecule has 0 radical (unpaired) electrons. The number of anilines is 1. The summed E-state index contributed by atoms with van der Waals surface area (Å²) in [5.41, 5.74) is 6.81. The van der Waals surface area contributed by atoms with Gasteiger partial charge in [0.15, 0.2) is 0 Å². The monoisotopic (exact) mass is 282 g/mol. The number of benzene rings is 1. The molecule has 0 atom stereocenters. The lowest BCUT2D eigenvalue weighted by atomic mass is 10.1. The largest absolute Gasteiger partial charge is 0.438 e. The first-order chi connectivity index (χ1) is 9.29. The molecule has 0 fully saturated rings. The van der Waals surface area contributed by atoms with Crippen LogP contribution >= 0.6 is 0 Å². The van der Waals surface area contributed by atoms with Gasteiger partial charge in [-0.15, -0.1) is 0 Å². The number of alkyl halides is 3. The van der Waals surface area contributed by atoms with Crippen molar-refractivity contribution in [3.8, 4) is 11.6 Å². The molecule has 20 heavy (non-hydrogen) atoms. The number of pyridine rings is 1. The molecule has 0 saturated carbocycles. The normalized spacial score (nSPS) is 11.4. The van der Waals surface area contributed by atoms with E-state index in [1.54, 1.807) is 13.0 Å². The minimum absolute atomic E-state index is 0.261. The van der Waals surface area contributed by atoms with Crippen LogP contribution in [-0.4, -0.2) is 4.98 Å². The predicted octanol–water partition coefficient (Wildman–Crippen LogP) is 4.09. The molecular weight excluding hydrogens is 269 g/mol. The second-order valence-electron chi connectivity index (χ2n) is 4.43. The Bertz CT molecular complexity index is 639. The van der Waals surface area contributed by atoms with E-state index in [-0.39, 0.29) is 5.75 Å². The molecule has 0 bridgehead atoms. The highest BCUT2D eigenvalue weighted by Crippen LogP contribution is 2.37. The molecule has 0 saturated heterocycles. The van der Waals surface area contributed by atoms with Crippen LogP contribution in [0.3, 0.4) is 0 Å². The molecule has 0 aliphatic heterocycles. The van der Waals surface area contributed by atoms with Crippen molar-refractivity contribution in [1.29, 1.82) is 0 Å². The molecule has 0 aliphatic rings. The van der Waals surface area contributed by atoms with E-state index in [1.165, 1.54) is 18.3 Å². The van der Waals surface area contributed by atoms with Gasteiger partial charge in [-0.05, 0) is 37.1 Å². The lowest BCUT2D eigenvalue weighted by Gasteiger charge is -2.14. The molecule has 0 unspecified atom stereocenters. The highest BCUT2D eigenvalue weighted by molar-refractivity contribution is 5.55. The summed E-state index contributed by atoms with van der Waals surface area (Å²) >= 11 is 0. The van der Waals surface area contributed by atoms with E-state index in [0.29, 0.717) is 11.3 Å². The number of hydrogen-bond acceptors (Lipinski definition) is 3. The van der Waals surface area contributed by atoms with Crippen molar-refractivity contribution in [3.05, 3.63) is 47.2 Å². The van der Waals surface area contributed by atoms with Gasteiger partial charge in [0.1, 0.15) is 11.3 Å². The van der Waals surface area contributed by atoms with Crippen molar-refractivity contribution < 1.29 is 17.9 Å². The van der Waals surface area contributed by atoms with Crippen LogP contribution in [0.25, 0.3) is 0 Å². The summed E-state index contributed by atoms with van der Waals surface area (Å²) in [6, 6.07) is 5.39. The van der Waals surface area contributed by atoms with Crippen molar-refractivity contribution in [1.82, 2.24) is 4.98 Å². The second kappa shape index (κ2) is 5.03. The summed E-state index contributed by atoms with van der Waals surface area (Å²) in [4.78, 5) is 3.65. The van der Waals surface area contributed by atoms with Crippen molar-refractivity contribution >= 4 is 5.69 Å². The van der Waals surface area contributed by atoms with E-state index in [2.05, 4.69) is 4.98 Å². The fourth-order valence-corrected chi connectivity index (χ4v) is 1.75. The molecule has 0 spiro atoms. The summed E-state index contributed by atoms with van der Waals surface area (Å²) in [6.45, 7) is 3.55. The van der Waals surface area contributed by atoms with Gasteiger partial charge in [-0.25, -0.2) is 4.98 Å². The van der Waals surface area contributed by atoms with Gasteiger partial charge in [0.2, 0.25) is 5.88 Å². The minimum atomic E-state index is -4.52. The number of rotatable bonds is 2.